The molecule has 0 spiro atoms. The summed E-state index contributed by atoms with van der Waals surface area (Å²) in [6.45, 7) is 2.00. The van der Waals surface area contributed by atoms with Gasteiger partial charge in [-0.05, 0) is 41.2 Å². The first kappa shape index (κ1) is 19.1. The highest BCUT2D eigenvalue weighted by molar-refractivity contribution is 7.51. The van der Waals surface area contributed by atoms with Gasteiger partial charge in [-0.3, -0.25) is 0 Å². The minimum atomic E-state index is -2.38. The SMILES string of the molecule is C[Si](C)(Cl)CCc1ccc(CC[Si](Cl)(Cl)c2ccccc2)cc1. The van der Waals surface area contributed by atoms with Gasteiger partial charge in [0, 0.05) is 0 Å². The van der Waals surface area contributed by atoms with Crippen molar-refractivity contribution >= 4 is 52.5 Å². The van der Waals surface area contributed by atoms with Crippen molar-refractivity contribution in [2.75, 3.05) is 0 Å². The third-order valence-electron chi connectivity index (χ3n) is 3.95. The Balaban J connectivity index is 1.91. The molecule has 0 N–H and O–H groups in total. The average molecular weight is 402 g/mol. The average Bonchev–Trinajstić information content (AvgIpc) is 2.52. The van der Waals surface area contributed by atoms with Crippen LogP contribution in [0.3, 0.4) is 0 Å². The van der Waals surface area contributed by atoms with Crippen LogP contribution < -0.4 is 5.19 Å². The Bertz CT molecular complexity index is 604. The lowest BCUT2D eigenvalue weighted by Gasteiger charge is -2.17. The van der Waals surface area contributed by atoms with Crippen molar-refractivity contribution in [2.45, 2.75) is 38.0 Å². The van der Waals surface area contributed by atoms with Crippen LogP contribution in [0.15, 0.2) is 54.6 Å². The van der Waals surface area contributed by atoms with E-state index in [4.69, 9.17) is 33.2 Å². The minimum Gasteiger partial charge on any atom is -0.168 e. The maximum atomic E-state index is 6.64. The molecule has 23 heavy (non-hydrogen) atoms. The minimum absolute atomic E-state index is 0.834. The lowest BCUT2D eigenvalue weighted by molar-refractivity contribution is 1.08. The first-order chi connectivity index (χ1) is 10.8. The van der Waals surface area contributed by atoms with Gasteiger partial charge < -0.3 is 0 Å². The van der Waals surface area contributed by atoms with Gasteiger partial charge in [0.25, 0.3) is 6.69 Å². The molecule has 0 bridgehead atoms. The predicted molar refractivity (Wildman–Crippen MR) is 110 cm³/mol. The first-order valence-corrected chi connectivity index (χ1v) is 16.4. The fraction of sp³-hybridized carbons (Fsp3) is 0.333. The van der Waals surface area contributed by atoms with Crippen LogP contribution in [0.5, 0.6) is 0 Å². The summed E-state index contributed by atoms with van der Waals surface area (Å²) in [6, 6.07) is 20.8. The maximum Gasteiger partial charge on any atom is 0.281 e. The molecule has 0 saturated heterocycles. The van der Waals surface area contributed by atoms with Gasteiger partial charge in [-0.2, -0.15) is 11.1 Å². The number of hydrogen-bond acceptors (Lipinski definition) is 0. The smallest absolute Gasteiger partial charge is 0.168 e. The van der Waals surface area contributed by atoms with Crippen molar-refractivity contribution in [3.8, 4) is 0 Å². The molecule has 0 unspecified atom stereocenters. The molecule has 0 radical (unpaired) electrons. The third-order valence-corrected chi connectivity index (χ3v) is 10.5. The molecule has 0 fully saturated rings. The third kappa shape index (κ3) is 6.63. The molecule has 2 aromatic carbocycles. The van der Waals surface area contributed by atoms with Crippen LogP contribution in [0, 0.1) is 0 Å². The van der Waals surface area contributed by atoms with E-state index in [1.54, 1.807) is 0 Å². The molecule has 0 aliphatic rings. The molecule has 0 nitrogen and oxygen atoms in total. The van der Waals surface area contributed by atoms with E-state index in [1.165, 1.54) is 11.1 Å². The van der Waals surface area contributed by atoms with E-state index in [2.05, 4.69) is 37.4 Å². The number of benzene rings is 2. The number of rotatable bonds is 7. The largest absolute Gasteiger partial charge is 0.281 e. The van der Waals surface area contributed by atoms with E-state index in [0.29, 0.717) is 0 Å². The fourth-order valence-electron chi connectivity index (χ4n) is 2.44. The van der Waals surface area contributed by atoms with Crippen molar-refractivity contribution in [3.63, 3.8) is 0 Å². The molecule has 2 rings (SSSR count). The molecule has 0 aliphatic heterocycles. The predicted octanol–water partition coefficient (Wildman–Crippen LogP) is 6.04. The Labute approximate surface area is 155 Å². The summed E-state index contributed by atoms with van der Waals surface area (Å²) >= 11 is 19.7. The zero-order valence-electron chi connectivity index (χ0n) is 13.7. The summed E-state index contributed by atoms with van der Waals surface area (Å²) < 4.78 is 0. The Morgan fingerprint density at radius 1 is 0.696 bits per heavy atom. The number of halogens is 3. The van der Waals surface area contributed by atoms with Crippen molar-refractivity contribution in [2.24, 2.45) is 0 Å². The second-order valence-corrected chi connectivity index (χ2v) is 20.6. The standard InChI is InChI=1S/C18H23Cl3Si2/c1-22(2,19)14-12-16-8-10-17(11-9-16)13-15-23(20,21)18-6-4-3-5-7-18/h3-11H,12-15H2,1-2H3. The van der Waals surface area contributed by atoms with Crippen LogP contribution in [-0.4, -0.2) is 14.1 Å². The van der Waals surface area contributed by atoms with Gasteiger partial charge in [-0.1, -0.05) is 67.7 Å². The van der Waals surface area contributed by atoms with E-state index in [9.17, 15) is 0 Å². The van der Waals surface area contributed by atoms with Crippen LogP contribution in [0.1, 0.15) is 11.1 Å². The number of hydrogen-bond donors (Lipinski definition) is 0. The highest BCUT2D eigenvalue weighted by Gasteiger charge is 2.30. The molecule has 0 saturated carbocycles. The van der Waals surface area contributed by atoms with E-state index < -0.39 is 14.1 Å². The van der Waals surface area contributed by atoms with Crippen molar-refractivity contribution in [1.29, 1.82) is 0 Å². The van der Waals surface area contributed by atoms with Crippen LogP contribution in [0.25, 0.3) is 0 Å². The second kappa shape index (κ2) is 8.22. The molecular formula is C18H23Cl3Si2. The second-order valence-electron chi connectivity index (χ2n) is 6.61. The summed E-state index contributed by atoms with van der Waals surface area (Å²) in [5, 5.41) is 1.09. The molecule has 5 heteroatoms. The van der Waals surface area contributed by atoms with Crippen LogP contribution >= 0.6 is 33.2 Å². The maximum absolute atomic E-state index is 6.64. The fourth-order valence-corrected chi connectivity index (χ4v) is 6.50. The zero-order chi connectivity index (χ0) is 16.9. The summed E-state index contributed by atoms with van der Waals surface area (Å²) in [7, 11) is -1.49. The van der Waals surface area contributed by atoms with Gasteiger partial charge in [0.2, 0.25) is 0 Å². The molecular weight excluding hydrogens is 379 g/mol. The quantitative estimate of drug-likeness (QED) is 0.391. The van der Waals surface area contributed by atoms with Gasteiger partial charge in [0.1, 0.15) is 0 Å². The highest BCUT2D eigenvalue weighted by Crippen LogP contribution is 2.23. The topological polar surface area (TPSA) is 0 Å². The van der Waals surface area contributed by atoms with Crippen LogP contribution in [-0.2, 0) is 12.8 Å². The van der Waals surface area contributed by atoms with Gasteiger partial charge >= 0.3 is 0 Å². The normalized spacial score (nSPS) is 12.4. The summed E-state index contributed by atoms with van der Waals surface area (Å²) in [4.78, 5) is 0. The van der Waals surface area contributed by atoms with Gasteiger partial charge in [-0.15, -0.1) is 22.2 Å². The molecule has 0 atom stereocenters. The molecule has 0 aliphatic carbocycles. The van der Waals surface area contributed by atoms with Crippen molar-refractivity contribution in [3.05, 3.63) is 65.7 Å². The van der Waals surface area contributed by atoms with Gasteiger partial charge in [0.15, 0.2) is 7.38 Å². The van der Waals surface area contributed by atoms with E-state index in [1.807, 2.05) is 30.3 Å². The summed E-state index contributed by atoms with van der Waals surface area (Å²) in [6.07, 6.45) is 1.99. The van der Waals surface area contributed by atoms with Crippen LogP contribution in [0.2, 0.25) is 25.2 Å². The number of aryl methyl sites for hydroxylation is 2. The molecule has 0 aromatic heterocycles. The molecule has 2 aromatic rings. The van der Waals surface area contributed by atoms with Crippen molar-refractivity contribution < 1.29 is 0 Å². The Hall–Kier alpha value is -0.256. The lowest BCUT2D eigenvalue weighted by Crippen LogP contribution is -2.36. The molecule has 0 amide bonds. The first-order valence-electron chi connectivity index (χ1n) is 7.96. The monoisotopic (exact) mass is 400 g/mol. The lowest BCUT2D eigenvalue weighted by atomic mass is 10.1. The Kier molecular flexibility index (Phi) is 6.81. The van der Waals surface area contributed by atoms with Gasteiger partial charge in [0.05, 0.1) is 0 Å². The highest BCUT2D eigenvalue weighted by atomic mass is 35.7. The molecule has 0 heterocycles. The Morgan fingerprint density at radius 2 is 1.17 bits per heavy atom. The van der Waals surface area contributed by atoms with Gasteiger partial charge in [-0.25, -0.2) is 0 Å². The van der Waals surface area contributed by atoms with Crippen molar-refractivity contribution in [1.82, 2.24) is 0 Å². The zero-order valence-corrected chi connectivity index (χ0v) is 17.9. The van der Waals surface area contributed by atoms with E-state index in [-0.39, 0.29) is 0 Å². The molecule has 124 valence electrons. The van der Waals surface area contributed by atoms with E-state index in [0.717, 1.165) is 30.1 Å². The summed E-state index contributed by atoms with van der Waals surface area (Å²) in [5.74, 6) is 0. The summed E-state index contributed by atoms with van der Waals surface area (Å²) in [5.41, 5.74) is 2.66. The van der Waals surface area contributed by atoms with Crippen LogP contribution in [0.4, 0.5) is 0 Å². The Morgan fingerprint density at radius 3 is 1.65 bits per heavy atom. The van der Waals surface area contributed by atoms with E-state index >= 15 is 0 Å².